The molecule has 1 aromatic carbocycles. The number of aryl methyl sites for hydroxylation is 3. The molecule has 7 heteroatoms. The molecular weight excluding hydrogens is 453 g/mol. The molecule has 0 bridgehead atoms. The fraction of sp³-hybridized carbons (Fsp3) is 0.500. The molecule has 1 heterocycles. The largest absolute Gasteiger partial charge is 0.396 e. The highest BCUT2D eigenvalue weighted by Gasteiger charge is 2.10. The Balaban J connectivity index is 0.00000364. The van der Waals surface area contributed by atoms with Crippen LogP contribution in [0, 0.1) is 13.8 Å². The summed E-state index contributed by atoms with van der Waals surface area (Å²) in [5, 5.41) is 20.8. The van der Waals surface area contributed by atoms with E-state index < -0.39 is 0 Å². The highest BCUT2D eigenvalue weighted by atomic mass is 127. The van der Waals surface area contributed by atoms with Crippen LogP contribution in [0.2, 0.25) is 0 Å². The minimum absolute atomic E-state index is 0. The SMILES string of the molecule is CCNC(=NCC(CO)c1ccccc1)NCCCn1nc(C)cc1C.I. The summed E-state index contributed by atoms with van der Waals surface area (Å²) in [6.07, 6.45) is 0.967. The summed E-state index contributed by atoms with van der Waals surface area (Å²) in [7, 11) is 0. The van der Waals surface area contributed by atoms with E-state index in [-0.39, 0.29) is 36.5 Å². The number of aliphatic hydroxyl groups excluding tert-OH is 1. The Morgan fingerprint density at radius 3 is 2.56 bits per heavy atom. The summed E-state index contributed by atoms with van der Waals surface area (Å²) in [6, 6.07) is 12.1. The topological polar surface area (TPSA) is 74.5 Å². The molecule has 0 saturated heterocycles. The number of nitrogens with zero attached hydrogens (tertiary/aromatic N) is 3. The van der Waals surface area contributed by atoms with Crippen molar-refractivity contribution in [3.63, 3.8) is 0 Å². The molecule has 0 saturated carbocycles. The zero-order valence-electron chi connectivity index (χ0n) is 16.5. The van der Waals surface area contributed by atoms with E-state index in [1.807, 2.05) is 48.9 Å². The van der Waals surface area contributed by atoms with Gasteiger partial charge in [-0.15, -0.1) is 24.0 Å². The first-order valence-electron chi connectivity index (χ1n) is 9.33. The minimum atomic E-state index is 0. The zero-order valence-corrected chi connectivity index (χ0v) is 18.8. The van der Waals surface area contributed by atoms with E-state index in [4.69, 9.17) is 0 Å². The van der Waals surface area contributed by atoms with Crippen LogP contribution < -0.4 is 10.6 Å². The summed E-state index contributed by atoms with van der Waals surface area (Å²) >= 11 is 0. The Bertz CT molecular complexity index is 687. The van der Waals surface area contributed by atoms with Gasteiger partial charge in [0.1, 0.15) is 0 Å². The van der Waals surface area contributed by atoms with E-state index >= 15 is 0 Å². The van der Waals surface area contributed by atoms with Gasteiger partial charge in [-0.2, -0.15) is 5.10 Å². The van der Waals surface area contributed by atoms with Crippen molar-refractivity contribution in [1.82, 2.24) is 20.4 Å². The van der Waals surface area contributed by atoms with Crippen molar-refractivity contribution >= 4 is 29.9 Å². The van der Waals surface area contributed by atoms with Crippen molar-refractivity contribution in [3.8, 4) is 0 Å². The summed E-state index contributed by atoms with van der Waals surface area (Å²) in [4.78, 5) is 4.64. The average Bonchev–Trinajstić information content (AvgIpc) is 2.97. The highest BCUT2D eigenvalue weighted by molar-refractivity contribution is 14.0. The molecule has 2 rings (SSSR count). The molecule has 6 nitrogen and oxygen atoms in total. The number of benzene rings is 1. The lowest BCUT2D eigenvalue weighted by atomic mass is 10.0. The lowest BCUT2D eigenvalue weighted by Gasteiger charge is -2.15. The number of hydrogen-bond acceptors (Lipinski definition) is 3. The summed E-state index contributed by atoms with van der Waals surface area (Å²) in [6.45, 7) is 9.29. The molecule has 0 radical (unpaired) electrons. The molecule has 1 unspecified atom stereocenters. The molecule has 0 fully saturated rings. The number of halogens is 1. The average molecular weight is 485 g/mol. The molecule has 150 valence electrons. The van der Waals surface area contributed by atoms with Crippen LogP contribution in [0.4, 0.5) is 0 Å². The van der Waals surface area contributed by atoms with Crippen LogP contribution in [-0.2, 0) is 6.54 Å². The standard InChI is InChI=1S/C20H31N5O.HI/c1-4-21-20(22-11-8-12-25-17(3)13-16(2)24-25)23-14-19(15-26)18-9-6-5-7-10-18;/h5-7,9-10,13,19,26H,4,8,11-12,14-15H2,1-3H3,(H2,21,22,23);1H. The molecule has 0 aliphatic carbocycles. The molecule has 0 aliphatic heterocycles. The van der Waals surface area contributed by atoms with Gasteiger partial charge in [0.05, 0.1) is 18.8 Å². The summed E-state index contributed by atoms with van der Waals surface area (Å²) < 4.78 is 2.04. The third-order valence-electron chi connectivity index (χ3n) is 4.25. The van der Waals surface area contributed by atoms with Crippen LogP contribution in [0.15, 0.2) is 41.4 Å². The van der Waals surface area contributed by atoms with Gasteiger partial charge in [0.25, 0.3) is 0 Å². The van der Waals surface area contributed by atoms with E-state index in [1.165, 1.54) is 5.69 Å². The van der Waals surface area contributed by atoms with Crippen molar-refractivity contribution in [2.45, 2.75) is 39.7 Å². The predicted molar refractivity (Wildman–Crippen MR) is 122 cm³/mol. The van der Waals surface area contributed by atoms with E-state index in [1.54, 1.807) is 0 Å². The van der Waals surface area contributed by atoms with Gasteiger partial charge in [-0.3, -0.25) is 9.67 Å². The minimum Gasteiger partial charge on any atom is -0.396 e. The highest BCUT2D eigenvalue weighted by Crippen LogP contribution is 2.14. The fourth-order valence-corrected chi connectivity index (χ4v) is 2.87. The first-order chi connectivity index (χ1) is 12.6. The first kappa shape index (κ1) is 23.4. The van der Waals surface area contributed by atoms with Gasteiger partial charge in [-0.1, -0.05) is 30.3 Å². The maximum Gasteiger partial charge on any atom is 0.191 e. The molecule has 0 spiro atoms. The normalized spacial score (nSPS) is 12.4. The van der Waals surface area contributed by atoms with Crippen LogP contribution in [0.3, 0.4) is 0 Å². The van der Waals surface area contributed by atoms with E-state index in [9.17, 15) is 5.11 Å². The lowest BCUT2D eigenvalue weighted by molar-refractivity contribution is 0.268. The van der Waals surface area contributed by atoms with Gasteiger partial charge in [0, 0.05) is 31.2 Å². The number of aliphatic imine (C=N–C) groups is 1. The number of rotatable bonds is 9. The van der Waals surface area contributed by atoms with Gasteiger partial charge >= 0.3 is 0 Å². The second-order valence-corrected chi connectivity index (χ2v) is 6.44. The number of aromatic nitrogens is 2. The van der Waals surface area contributed by atoms with E-state index in [0.717, 1.165) is 43.3 Å². The Hall–Kier alpha value is -1.61. The smallest absolute Gasteiger partial charge is 0.191 e. The maximum atomic E-state index is 9.67. The molecule has 0 amide bonds. The van der Waals surface area contributed by atoms with Crippen molar-refractivity contribution in [2.24, 2.45) is 4.99 Å². The number of nitrogens with one attached hydrogen (secondary N) is 2. The van der Waals surface area contributed by atoms with E-state index in [2.05, 4.69) is 33.7 Å². The molecule has 1 aromatic heterocycles. The predicted octanol–water partition coefficient (Wildman–Crippen LogP) is 2.84. The van der Waals surface area contributed by atoms with Gasteiger partial charge in [0.2, 0.25) is 0 Å². The van der Waals surface area contributed by atoms with Crippen LogP contribution in [0.25, 0.3) is 0 Å². The monoisotopic (exact) mass is 485 g/mol. The summed E-state index contributed by atoms with van der Waals surface area (Å²) in [5.41, 5.74) is 3.36. The van der Waals surface area contributed by atoms with Crippen LogP contribution in [0.5, 0.6) is 0 Å². The number of guanidine groups is 1. The zero-order chi connectivity index (χ0) is 18.8. The second kappa shape index (κ2) is 12.7. The molecule has 1 atom stereocenters. The van der Waals surface area contributed by atoms with Gasteiger partial charge in [-0.05, 0) is 38.8 Å². The number of hydrogen-bond donors (Lipinski definition) is 3. The molecule has 0 aliphatic rings. The second-order valence-electron chi connectivity index (χ2n) is 6.44. The molecular formula is C20H32IN5O. The van der Waals surface area contributed by atoms with Crippen molar-refractivity contribution < 1.29 is 5.11 Å². The quantitative estimate of drug-likeness (QED) is 0.221. The third-order valence-corrected chi connectivity index (χ3v) is 4.25. The maximum absolute atomic E-state index is 9.67. The Kier molecular flexibility index (Phi) is 11.0. The number of aliphatic hydroxyl groups is 1. The lowest BCUT2D eigenvalue weighted by Crippen LogP contribution is -2.38. The molecule has 27 heavy (non-hydrogen) atoms. The van der Waals surface area contributed by atoms with Crippen molar-refractivity contribution in [3.05, 3.63) is 53.3 Å². The Morgan fingerprint density at radius 1 is 1.22 bits per heavy atom. The van der Waals surface area contributed by atoms with Gasteiger partial charge < -0.3 is 15.7 Å². The van der Waals surface area contributed by atoms with Crippen molar-refractivity contribution in [1.29, 1.82) is 0 Å². The van der Waals surface area contributed by atoms with Crippen LogP contribution >= 0.6 is 24.0 Å². The summed E-state index contributed by atoms with van der Waals surface area (Å²) in [5.74, 6) is 0.802. The third kappa shape index (κ3) is 7.88. The Labute approximate surface area is 179 Å². The van der Waals surface area contributed by atoms with Crippen LogP contribution in [0.1, 0.15) is 36.2 Å². The molecule has 3 N–H and O–H groups in total. The fourth-order valence-electron chi connectivity index (χ4n) is 2.87. The molecule has 2 aromatic rings. The van der Waals surface area contributed by atoms with Crippen LogP contribution in [-0.4, -0.2) is 47.1 Å². The van der Waals surface area contributed by atoms with Crippen molar-refractivity contribution in [2.75, 3.05) is 26.2 Å². The van der Waals surface area contributed by atoms with Gasteiger partial charge in [-0.25, -0.2) is 0 Å². The Morgan fingerprint density at radius 2 is 1.96 bits per heavy atom. The van der Waals surface area contributed by atoms with E-state index in [0.29, 0.717) is 6.54 Å². The van der Waals surface area contributed by atoms with Gasteiger partial charge in [0.15, 0.2) is 5.96 Å². The first-order valence-corrected chi connectivity index (χ1v) is 9.33.